The van der Waals surface area contributed by atoms with Crippen LogP contribution in [-0.4, -0.2) is 19.9 Å². The lowest BCUT2D eigenvalue weighted by Gasteiger charge is -2.21. The Morgan fingerprint density at radius 3 is 2.65 bits per heavy atom. The lowest BCUT2D eigenvalue weighted by molar-refractivity contribution is 0.580. The zero-order chi connectivity index (χ0) is 14.3. The number of aryl methyl sites for hydroxylation is 1. The molecule has 0 saturated carbocycles. The van der Waals surface area contributed by atoms with E-state index in [1.807, 2.05) is 12.1 Å². The van der Waals surface area contributed by atoms with Crippen molar-refractivity contribution in [3.05, 3.63) is 47.5 Å². The molecule has 0 N–H and O–H groups in total. The molecule has 2 atom stereocenters. The Balaban J connectivity index is 2.07. The van der Waals surface area contributed by atoms with Gasteiger partial charge in [0.05, 0.1) is 11.5 Å². The molecule has 0 bridgehead atoms. The third-order valence-corrected chi connectivity index (χ3v) is 7.15. The average molecular weight is 353 g/mol. The van der Waals surface area contributed by atoms with Crippen molar-refractivity contribution in [1.29, 1.82) is 0 Å². The molecule has 0 radical (unpaired) electrons. The molecule has 0 spiro atoms. The number of rotatable bonds is 2. The summed E-state index contributed by atoms with van der Waals surface area (Å²) >= 11 is 3.77. The smallest absolute Gasteiger partial charge is 0.150 e. The van der Waals surface area contributed by atoms with Gasteiger partial charge in [-0.25, -0.2) is 8.42 Å². The molecule has 1 aliphatic rings. The van der Waals surface area contributed by atoms with E-state index in [-0.39, 0.29) is 10.7 Å². The number of hydrogen-bond acceptors (Lipinski definition) is 2. The van der Waals surface area contributed by atoms with Crippen LogP contribution >= 0.6 is 15.9 Å². The predicted molar refractivity (Wildman–Crippen MR) is 87.1 cm³/mol. The van der Waals surface area contributed by atoms with Crippen LogP contribution in [0.3, 0.4) is 0 Å². The Bertz CT molecular complexity index is 752. The van der Waals surface area contributed by atoms with Crippen LogP contribution in [0.1, 0.15) is 22.4 Å². The molecular formula is C16H17BrO2S. The number of hydrogen-bond donors (Lipinski definition) is 0. The first kappa shape index (κ1) is 14.1. The average Bonchev–Trinajstić information content (AvgIpc) is 2.78. The molecule has 2 aromatic carbocycles. The summed E-state index contributed by atoms with van der Waals surface area (Å²) in [5, 5.41) is 2.43. The van der Waals surface area contributed by atoms with E-state index in [0.29, 0.717) is 11.5 Å². The number of halogens is 1. The highest BCUT2D eigenvalue weighted by molar-refractivity contribution is 9.09. The molecule has 0 aliphatic carbocycles. The van der Waals surface area contributed by atoms with E-state index in [1.165, 1.54) is 21.9 Å². The lowest BCUT2D eigenvalue weighted by atomic mass is 9.91. The van der Waals surface area contributed by atoms with Gasteiger partial charge in [0.25, 0.3) is 0 Å². The molecular weight excluding hydrogens is 336 g/mol. The summed E-state index contributed by atoms with van der Waals surface area (Å²) in [5.74, 6) is 0.791. The van der Waals surface area contributed by atoms with Crippen molar-refractivity contribution >= 4 is 36.5 Å². The summed E-state index contributed by atoms with van der Waals surface area (Å²) in [6, 6.07) is 12.5. The highest BCUT2D eigenvalue weighted by Crippen LogP contribution is 2.42. The summed E-state index contributed by atoms with van der Waals surface area (Å²) < 4.78 is 23.4. The zero-order valence-corrected chi connectivity index (χ0v) is 13.7. The fourth-order valence-corrected chi connectivity index (χ4v) is 6.21. The number of sulfone groups is 1. The minimum Gasteiger partial charge on any atom is -0.229 e. The first-order valence-corrected chi connectivity index (χ1v) is 9.54. The summed E-state index contributed by atoms with van der Waals surface area (Å²) in [7, 11) is -2.84. The number of fused-ring (bicyclic) bond motifs is 1. The van der Waals surface area contributed by atoms with Crippen molar-refractivity contribution in [1.82, 2.24) is 0 Å². The quantitative estimate of drug-likeness (QED) is 0.765. The number of alkyl halides is 1. The molecule has 1 saturated heterocycles. The summed E-state index contributed by atoms with van der Waals surface area (Å²) in [4.78, 5) is 0.103. The minimum atomic E-state index is -2.84. The molecule has 1 heterocycles. The third-order valence-electron chi connectivity index (χ3n) is 4.15. The van der Waals surface area contributed by atoms with Gasteiger partial charge in [-0.1, -0.05) is 52.3 Å². The van der Waals surface area contributed by atoms with E-state index in [0.717, 1.165) is 6.42 Å². The Morgan fingerprint density at radius 1 is 1.20 bits per heavy atom. The molecule has 1 fully saturated rings. The first-order valence-electron chi connectivity index (χ1n) is 6.81. The van der Waals surface area contributed by atoms with E-state index in [1.54, 1.807) is 0 Å². The summed E-state index contributed by atoms with van der Waals surface area (Å²) in [6.45, 7) is 2.10. The lowest BCUT2D eigenvalue weighted by Crippen LogP contribution is -2.11. The normalized spacial score (nSPS) is 23.0. The molecule has 2 aromatic rings. The molecule has 2 nitrogen and oxygen atoms in total. The largest absolute Gasteiger partial charge is 0.229 e. The molecule has 2 unspecified atom stereocenters. The second-order valence-corrected chi connectivity index (χ2v) is 8.80. The van der Waals surface area contributed by atoms with Crippen LogP contribution in [-0.2, 0) is 9.84 Å². The van der Waals surface area contributed by atoms with Gasteiger partial charge in [0.1, 0.15) is 0 Å². The molecule has 4 heteroatoms. The second kappa shape index (κ2) is 5.15. The SMILES string of the molecule is Cc1ccc2ccccc2c1C(Br)C1CCS(=O)(=O)C1. The third kappa shape index (κ3) is 2.51. The van der Waals surface area contributed by atoms with Crippen molar-refractivity contribution in [2.75, 3.05) is 11.5 Å². The van der Waals surface area contributed by atoms with Gasteiger partial charge in [0.2, 0.25) is 0 Å². The molecule has 3 rings (SSSR count). The monoisotopic (exact) mass is 352 g/mol. The maximum Gasteiger partial charge on any atom is 0.150 e. The number of benzene rings is 2. The fourth-order valence-electron chi connectivity index (χ4n) is 3.06. The van der Waals surface area contributed by atoms with Gasteiger partial charge >= 0.3 is 0 Å². The minimum absolute atomic E-state index is 0.103. The fraction of sp³-hybridized carbons (Fsp3) is 0.375. The predicted octanol–water partition coefficient (Wildman–Crippen LogP) is 4.02. The standard InChI is InChI=1S/C16H17BrO2S/c1-11-6-7-12-4-2-3-5-14(12)15(11)16(17)13-8-9-20(18,19)10-13/h2-7,13,16H,8-10H2,1H3. The van der Waals surface area contributed by atoms with Gasteiger partial charge in [-0.3, -0.25) is 0 Å². The molecule has 1 aliphatic heterocycles. The topological polar surface area (TPSA) is 34.1 Å². The van der Waals surface area contributed by atoms with Crippen molar-refractivity contribution in [3.63, 3.8) is 0 Å². The Labute approximate surface area is 128 Å². The Hall–Kier alpha value is -0.870. The van der Waals surface area contributed by atoms with E-state index in [4.69, 9.17) is 0 Å². The van der Waals surface area contributed by atoms with Gasteiger partial charge in [-0.05, 0) is 41.2 Å². The van der Waals surface area contributed by atoms with Gasteiger partial charge in [0, 0.05) is 4.83 Å². The van der Waals surface area contributed by atoms with Crippen molar-refractivity contribution in [2.45, 2.75) is 18.2 Å². The van der Waals surface area contributed by atoms with E-state index >= 15 is 0 Å². The van der Waals surface area contributed by atoms with Crippen LogP contribution in [0.25, 0.3) is 10.8 Å². The summed E-state index contributed by atoms with van der Waals surface area (Å²) in [6.07, 6.45) is 0.751. The highest BCUT2D eigenvalue weighted by Gasteiger charge is 2.34. The Kier molecular flexibility index (Phi) is 3.63. The maximum absolute atomic E-state index is 11.7. The molecule has 106 valence electrons. The van der Waals surface area contributed by atoms with Crippen molar-refractivity contribution < 1.29 is 8.42 Å². The van der Waals surface area contributed by atoms with Crippen LogP contribution in [0, 0.1) is 12.8 Å². The van der Waals surface area contributed by atoms with Crippen LogP contribution < -0.4 is 0 Å². The molecule has 20 heavy (non-hydrogen) atoms. The first-order chi connectivity index (χ1) is 9.48. The van der Waals surface area contributed by atoms with Crippen LogP contribution in [0.4, 0.5) is 0 Å². The highest BCUT2D eigenvalue weighted by atomic mass is 79.9. The van der Waals surface area contributed by atoms with Gasteiger partial charge in [0.15, 0.2) is 9.84 Å². The van der Waals surface area contributed by atoms with E-state index in [2.05, 4.69) is 47.1 Å². The second-order valence-electron chi connectivity index (χ2n) is 5.58. The van der Waals surface area contributed by atoms with Gasteiger partial charge in [-0.2, -0.15) is 0 Å². The van der Waals surface area contributed by atoms with Crippen LogP contribution in [0.2, 0.25) is 0 Å². The van der Waals surface area contributed by atoms with Crippen LogP contribution in [0.5, 0.6) is 0 Å². The van der Waals surface area contributed by atoms with Crippen molar-refractivity contribution in [2.24, 2.45) is 5.92 Å². The van der Waals surface area contributed by atoms with Gasteiger partial charge < -0.3 is 0 Å². The van der Waals surface area contributed by atoms with E-state index < -0.39 is 9.84 Å². The van der Waals surface area contributed by atoms with Crippen molar-refractivity contribution in [3.8, 4) is 0 Å². The molecule has 0 amide bonds. The van der Waals surface area contributed by atoms with E-state index in [9.17, 15) is 8.42 Å². The Morgan fingerprint density at radius 2 is 1.95 bits per heavy atom. The summed E-state index contributed by atoms with van der Waals surface area (Å²) in [5.41, 5.74) is 2.46. The van der Waals surface area contributed by atoms with Gasteiger partial charge in [-0.15, -0.1) is 0 Å². The maximum atomic E-state index is 11.7. The zero-order valence-electron chi connectivity index (χ0n) is 11.3. The van der Waals surface area contributed by atoms with Crippen LogP contribution in [0.15, 0.2) is 36.4 Å². The molecule has 0 aromatic heterocycles.